The van der Waals surface area contributed by atoms with Crippen LogP contribution in [0.15, 0.2) is 30.5 Å². The molecule has 3 rings (SSSR count). The number of benzene rings is 1. The number of carboxylic acids is 2. The molecule has 0 fully saturated rings. The fraction of sp³-hybridized carbons (Fsp3) is 0.476. The largest absolute Gasteiger partial charge is 0.497 e. The van der Waals surface area contributed by atoms with E-state index in [2.05, 4.69) is 46.8 Å². The number of hydrogen-bond acceptors (Lipinski definition) is 6. The monoisotopic (exact) mass is 528 g/mol. The van der Waals surface area contributed by atoms with Gasteiger partial charge in [-0.1, -0.05) is 12.1 Å². The van der Waals surface area contributed by atoms with E-state index in [0.29, 0.717) is 0 Å². The van der Waals surface area contributed by atoms with E-state index in [1.807, 2.05) is 12.1 Å². The maximum Gasteiger partial charge on any atom is 0.490 e. The molecule has 1 aliphatic rings. The number of nitrogens with zero attached hydrogens (tertiary/aromatic N) is 4. The summed E-state index contributed by atoms with van der Waals surface area (Å²) in [6, 6.07) is 8.32. The summed E-state index contributed by atoms with van der Waals surface area (Å²) < 4.78 is 71.0. The number of halogens is 6. The quantitative estimate of drug-likeness (QED) is 0.570. The Hall–Kier alpha value is -3.33. The molecule has 2 aromatic rings. The normalized spacial score (nSPS) is 13.6. The summed E-state index contributed by atoms with van der Waals surface area (Å²) >= 11 is 0. The highest BCUT2D eigenvalue weighted by molar-refractivity contribution is 5.73. The summed E-state index contributed by atoms with van der Waals surface area (Å²) in [5.41, 5.74) is 2.47. The number of alkyl halides is 6. The molecule has 0 radical (unpaired) electrons. The van der Waals surface area contributed by atoms with Crippen LogP contribution in [-0.2, 0) is 35.8 Å². The molecule has 36 heavy (non-hydrogen) atoms. The molecule has 0 amide bonds. The van der Waals surface area contributed by atoms with Gasteiger partial charge in [-0.2, -0.15) is 26.3 Å². The van der Waals surface area contributed by atoms with Crippen molar-refractivity contribution in [2.75, 3.05) is 27.7 Å². The maximum atomic E-state index is 10.6. The molecule has 9 nitrogen and oxygen atoms in total. The van der Waals surface area contributed by atoms with Gasteiger partial charge in [0.05, 0.1) is 19.3 Å². The van der Waals surface area contributed by atoms with E-state index >= 15 is 0 Å². The molecule has 0 atom stereocenters. The second-order valence-electron chi connectivity index (χ2n) is 7.74. The Kier molecular flexibility index (Phi) is 11.2. The van der Waals surface area contributed by atoms with Gasteiger partial charge >= 0.3 is 24.3 Å². The van der Waals surface area contributed by atoms with Gasteiger partial charge < -0.3 is 24.4 Å². The topological polar surface area (TPSA) is 108 Å². The number of imidazole rings is 1. The Bertz CT molecular complexity index is 966. The molecule has 202 valence electrons. The molecule has 0 aliphatic carbocycles. The summed E-state index contributed by atoms with van der Waals surface area (Å²) in [6.07, 6.45) is -7.97. The zero-order chi connectivity index (χ0) is 27.7. The molecule has 0 unspecified atom stereocenters. The SMILES string of the molecule is COc1ccc(CN2CCn3cc(CN(C)C)nc3C2)cc1.O=C(O)C(F)(F)F.O=C(O)C(F)(F)F. The van der Waals surface area contributed by atoms with E-state index in [1.54, 1.807) is 7.11 Å². The first kappa shape index (κ1) is 30.7. The highest BCUT2D eigenvalue weighted by atomic mass is 19.4. The van der Waals surface area contributed by atoms with Crippen molar-refractivity contribution < 1.29 is 50.9 Å². The van der Waals surface area contributed by atoms with Crippen molar-refractivity contribution in [1.29, 1.82) is 0 Å². The van der Waals surface area contributed by atoms with Crippen LogP contribution in [0.2, 0.25) is 0 Å². The van der Waals surface area contributed by atoms with E-state index in [4.69, 9.17) is 29.5 Å². The second-order valence-corrected chi connectivity index (χ2v) is 7.74. The number of fused-ring (bicyclic) bond motifs is 1. The first-order valence-electron chi connectivity index (χ1n) is 10.2. The molecule has 0 saturated heterocycles. The molecule has 2 heterocycles. The zero-order valence-electron chi connectivity index (χ0n) is 19.6. The number of aromatic nitrogens is 2. The van der Waals surface area contributed by atoms with Crippen LogP contribution in [0.3, 0.4) is 0 Å². The van der Waals surface area contributed by atoms with Gasteiger partial charge in [0.15, 0.2) is 0 Å². The Morgan fingerprint density at radius 1 is 1.00 bits per heavy atom. The third-order valence-corrected chi connectivity index (χ3v) is 4.46. The first-order valence-corrected chi connectivity index (χ1v) is 10.2. The Labute approximate surface area is 202 Å². The molecule has 15 heteroatoms. The van der Waals surface area contributed by atoms with E-state index in [1.165, 1.54) is 11.4 Å². The highest BCUT2D eigenvalue weighted by Crippen LogP contribution is 2.18. The molecule has 1 aliphatic heterocycles. The van der Waals surface area contributed by atoms with Crippen molar-refractivity contribution in [1.82, 2.24) is 19.4 Å². The van der Waals surface area contributed by atoms with Crippen LogP contribution in [0, 0.1) is 0 Å². The summed E-state index contributed by atoms with van der Waals surface area (Å²) in [7, 11) is 5.85. The van der Waals surface area contributed by atoms with Gasteiger partial charge in [0, 0.05) is 32.4 Å². The lowest BCUT2D eigenvalue weighted by Crippen LogP contribution is -2.33. The van der Waals surface area contributed by atoms with Crippen molar-refractivity contribution in [2.24, 2.45) is 0 Å². The fourth-order valence-corrected chi connectivity index (χ4v) is 2.89. The van der Waals surface area contributed by atoms with Crippen LogP contribution in [0.4, 0.5) is 26.3 Å². The molecule has 1 aromatic heterocycles. The average Bonchev–Trinajstić information content (AvgIpc) is 3.14. The van der Waals surface area contributed by atoms with E-state index < -0.39 is 24.3 Å². The summed E-state index contributed by atoms with van der Waals surface area (Å²) in [4.78, 5) is 27.2. The van der Waals surface area contributed by atoms with Gasteiger partial charge in [-0.05, 0) is 31.8 Å². The van der Waals surface area contributed by atoms with Crippen molar-refractivity contribution in [3.05, 3.63) is 47.5 Å². The number of aliphatic carboxylic acids is 2. The van der Waals surface area contributed by atoms with Crippen LogP contribution in [0.5, 0.6) is 5.75 Å². The molecular weight excluding hydrogens is 502 g/mol. The lowest BCUT2D eigenvalue weighted by Gasteiger charge is -2.27. The average molecular weight is 528 g/mol. The minimum Gasteiger partial charge on any atom is -0.497 e. The Morgan fingerprint density at radius 2 is 1.50 bits per heavy atom. The number of methoxy groups -OCH3 is 1. The number of ether oxygens (including phenoxy) is 1. The third kappa shape index (κ3) is 10.9. The van der Waals surface area contributed by atoms with Gasteiger partial charge in [-0.3, -0.25) is 4.90 Å². The van der Waals surface area contributed by atoms with E-state index in [-0.39, 0.29) is 0 Å². The van der Waals surface area contributed by atoms with Crippen LogP contribution < -0.4 is 4.74 Å². The Balaban J connectivity index is 0.000000383. The van der Waals surface area contributed by atoms with Crippen LogP contribution in [-0.4, -0.2) is 81.6 Å². The number of rotatable bonds is 5. The number of carboxylic acid groups (broad SMARTS) is 2. The van der Waals surface area contributed by atoms with Gasteiger partial charge in [0.25, 0.3) is 0 Å². The lowest BCUT2D eigenvalue weighted by molar-refractivity contribution is -0.193. The third-order valence-electron chi connectivity index (χ3n) is 4.46. The predicted molar refractivity (Wildman–Crippen MR) is 114 cm³/mol. The molecular formula is C21H26F6N4O5. The standard InChI is InChI=1S/C17H24N4O.2C2HF3O2/c1-19(2)11-15-12-21-9-8-20(13-17(21)18-15)10-14-4-6-16(22-3)7-5-14;2*3-2(4,5)1(6)7/h4-7,12H,8-11,13H2,1-3H3;2*(H,6,7). The van der Waals surface area contributed by atoms with Gasteiger partial charge in [0.1, 0.15) is 11.6 Å². The minimum atomic E-state index is -5.08. The molecule has 0 spiro atoms. The van der Waals surface area contributed by atoms with E-state index in [0.717, 1.165) is 44.2 Å². The van der Waals surface area contributed by atoms with Crippen LogP contribution in [0.25, 0.3) is 0 Å². The van der Waals surface area contributed by atoms with Crippen molar-refractivity contribution >= 4 is 11.9 Å². The summed E-state index contributed by atoms with van der Waals surface area (Å²) in [5.74, 6) is -3.43. The zero-order valence-corrected chi connectivity index (χ0v) is 19.6. The van der Waals surface area contributed by atoms with Crippen LogP contribution >= 0.6 is 0 Å². The number of carbonyl (C=O) groups is 2. The van der Waals surface area contributed by atoms with Gasteiger partial charge in [-0.25, -0.2) is 14.6 Å². The predicted octanol–water partition coefficient (Wildman–Crippen LogP) is 3.24. The van der Waals surface area contributed by atoms with Crippen molar-refractivity contribution in [3.63, 3.8) is 0 Å². The van der Waals surface area contributed by atoms with Crippen LogP contribution in [0.1, 0.15) is 17.1 Å². The Morgan fingerprint density at radius 3 is 1.92 bits per heavy atom. The first-order chi connectivity index (χ1) is 16.5. The molecule has 1 aromatic carbocycles. The van der Waals surface area contributed by atoms with Crippen molar-refractivity contribution in [2.45, 2.75) is 38.5 Å². The van der Waals surface area contributed by atoms with Gasteiger partial charge in [0.2, 0.25) is 0 Å². The smallest absolute Gasteiger partial charge is 0.490 e. The highest BCUT2D eigenvalue weighted by Gasteiger charge is 2.38. The lowest BCUT2D eigenvalue weighted by atomic mass is 10.2. The minimum absolute atomic E-state index is 0.901. The summed E-state index contributed by atoms with van der Waals surface area (Å²) in [6.45, 7) is 4.86. The second kappa shape index (κ2) is 13.1. The molecule has 0 saturated carbocycles. The molecule has 2 N–H and O–H groups in total. The maximum absolute atomic E-state index is 10.6. The summed E-state index contributed by atoms with van der Waals surface area (Å²) in [5, 5.41) is 14.2. The van der Waals surface area contributed by atoms with Gasteiger partial charge in [-0.15, -0.1) is 0 Å². The van der Waals surface area contributed by atoms with E-state index in [9.17, 15) is 26.3 Å². The molecule has 0 bridgehead atoms. The number of hydrogen-bond donors (Lipinski definition) is 2. The van der Waals surface area contributed by atoms with Crippen molar-refractivity contribution in [3.8, 4) is 5.75 Å². The fourth-order valence-electron chi connectivity index (χ4n) is 2.89.